The van der Waals surface area contributed by atoms with E-state index in [-0.39, 0.29) is 23.8 Å². The molecule has 3 N–H and O–H groups in total. The molecule has 1 fully saturated rings. The van der Waals surface area contributed by atoms with Gasteiger partial charge in [-0.15, -0.1) is 0 Å². The number of rotatable bonds is 11. The van der Waals surface area contributed by atoms with Crippen LogP contribution < -0.4 is 16.0 Å². The Hall–Kier alpha value is -5.33. The Kier molecular flexibility index (Phi) is 10.4. The number of nitrogens with one attached hydrogen (secondary N) is 1. The van der Waals surface area contributed by atoms with Crippen LogP contribution in [0.25, 0.3) is 33.8 Å². The van der Waals surface area contributed by atoms with Crippen LogP contribution in [0.15, 0.2) is 140 Å². The maximum atomic E-state index is 6.76. The van der Waals surface area contributed by atoms with Crippen molar-refractivity contribution in [1.29, 1.82) is 0 Å². The third-order valence-corrected chi connectivity index (χ3v) is 11.1. The van der Waals surface area contributed by atoms with Crippen molar-refractivity contribution in [2.45, 2.75) is 90.5 Å². The van der Waals surface area contributed by atoms with Crippen LogP contribution >= 0.6 is 0 Å². The molecule has 6 heteroatoms. The number of nitrogen functional groups attached to an aromatic ring is 1. The summed E-state index contributed by atoms with van der Waals surface area (Å²) in [6, 6.07) is 23.8. The van der Waals surface area contributed by atoms with Crippen LogP contribution in [-0.4, -0.2) is 32.1 Å². The molecule has 272 valence electrons. The molecular weight excluding hydrogens is 649 g/mol. The fourth-order valence-electron chi connectivity index (χ4n) is 8.40. The predicted octanol–water partition coefficient (Wildman–Crippen LogP) is 11.2. The molecule has 6 nitrogen and oxygen atoms in total. The van der Waals surface area contributed by atoms with Crippen LogP contribution in [0.4, 0.5) is 11.4 Å². The Bertz CT molecular complexity index is 2180. The molecule has 4 unspecified atom stereocenters. The standard InChI is InChI=1S/C47H54N6/c1-7-10-21-33(4)53-46(50-44-28-19-20-29-47(44,53)6)37-31-35(34(5)51(39-22-13-11-12-14-23-39)42-26-17-15-24-40(42)48)30-36(32-37)45-49-41-25-16-18-27-43(41)52(45)38(8-2)9-3/h8,11-13,15-22,24-32,39,44,46,50H,5,7,9-10,14,23,48H2,1-4,6H3/b33-21+,38-8+. The first-order valence-electron chi connectivity index (χ1n) is 19.3. The number of hydrogen-bond donors (Lipinski definition) is 2. The molecule has 2 heterocycles. The van der Waals surface area contributed by atoms with Gasteiger partial charge in [-0.2, -0.15) is 0 Å². The van der Waals surface area contributed by atoms with E-state index in [1.807, 2.05) is 12.1 Å². The molecule has 0 bridgehead atoms. The van der Waals surface area contributed by atoms with Gasteiger partial charge in [-0.3, -0.25) is 9.88 Å². The van der Waals surface area contributed by atoms with Crippen LogP contribution in [0.1, 0.15) is 84.0 Å². The number of hydrogen-bond acceptors (Lipinski definition) is 5. The lowest BCUT2D eigenvalue weighted by molar-refractivity contribution is 0.199. The van der Waals surface area contributed by atoms with E-state index in [9.17, 15) is 0 Å². The molecule has 4 aromatic rings. The maximum absolute atomic E-state index is 6.76. The van der Waals surface area contributed by atoms with Gasteiger partial charge in [0.15, 0.2) is 0 Å². The van der Waals surface area contributed by atoms with E-state index in [2.05, 4.69) is 170 Å². The molecule has 1 aliphatic heterocycles. The molecule has 53 heavy (non-hydrogen) atoms. The third-order valence-electron chi connectivity index (χ3n) is 11.1. The van der Waals surface area contributed by atoms with Crippen LogP contribution in [0.2, 0.25) is 0 Å². The van der Waals surface area contributed by atoms with Crippen LogP contribution in [0.5, 0.6) is 0 Å². The molecule has 0 saturated carbocycles. The van der Waals surface area contributed by atoms with E-state index in [1.165, 1.54) is 11.4 Å². The number of aromatic nitrogens is 2. The molecule has 3 aliphatic rings. The smallest absolute Gasteiger partial charge is 0.145 e. The lowest BCUT2D eigenvalue weighted by atomic mass is 9.88. The van der Waals surface area contributed by atoms with Crippen LogP contribution in [0.3, 0.4) is 0 Å². The van der Waals surface area contributed by atoms with E-state index in [0.29, 0.717) is 0 Å². The lowest BCUT2D eigenvalue weighted by Crippen LogP contribution is -2.46. The highest BCUT2D eigenvalue weighted by molar-refractivity contribution is 5.88. The molecule has 0 spiro atoms. The fraction of sp³-hybridized carbons (Fsp3) is 0.298. The monoisotopic (exact) mass is 702 g/mol. The van der Waals surface area contributed by atoms with E-state index < -0.39 is 0 Å². The quantitative estimate of drug-likeness (QED) is 0.152. The van der Waals surface area contributed by atoms with Crippen LogP contribution in [0, 0.1) is 0 Å². The van der Waals surface area contributed by atoms with Crippen molar-refractivity contribution in [3.8, 4) is 11.4 Å². The first kappa shape index (κ1) is 36.0. The molecule has 2 aliphatic carbocycles. The van der Waals surface area contributed by atoms with Crippen molar-refractivity contribution < 1.29 is 0 Å². The summed E-state index contributed by atoms with van der Waals surface area (Å²) in [7, 11) is 0. The number of anilines is 2. The zero-order valence-corrected chi connectivity index (χ0v) is 32.0. The number of imidazole rings is 1. The largest absolute Gasteiger partial charge is 0.397 e. The number of nitrogens with two attached hydrogens (primary N) is 1. The van der Waals surface area contributed by atoms with Crippen LogP contribution in [-0.2, 0) is 0 Å². The second-order valence-electron chi connectivity index (χ2n) is 14.6. The second-order valence-corrected chi connectivity index (χ2v) is 14.6. The van der Waals surface area contributed by atoms with Crippen molar-refractivity contribution in [1.82, 2.24) is 19.8 Å². The minimum absolute atomic E-state index is 0.0750. The maximum Gasteiger partial charge on any atom is 0.145 e. The highest BCUT2D eigenvalue weighted by Crippen LogP contribution is 2.45. The first-order valence-corrected chi connectivity index (χ1v) is 19.3. The number of benzene rings is 3. The summed E-state index contributed by atoms with van der Waals surface area (Å²) >= 11 is 0. The van der Waals surface area contributed by atoms with Gasteiger partial charge in [-0.05, 0) is 100 Å². The number of allylic oxidation sites excluding steroid dienone is 9. The van der Waals surface area contributed by atoms with Gasteiger partial charge in [-0.1, -0.05) is 112 Å². The molecule has 4 atom stereocenters. The molecule has 1 aromatic heterocycles. The highest BCUT2D eigenvalue weighted by Gasteiger charge is 2.48. The summed E-state index contributed by atoms with van der Waals surface area (Å²) in [5, 5.41) is 4.06. The Morgan fingerprint density at radius 2 is 1.83 bits per heavy atom. The summed E-state index contributed by atoms with van der Waals surface area (Å²) in [5.74, 6) is 0.924. The van der Waals surface area contributed by atoms with Gasteiger partial charge in [0.25, 0.3) is 0 Å². The summed E-state index contributed by atoms with van der Waals surface area (Å²) in [6.45, 7) is 16.1. The van der Waals surface area contributed by atoms with Crippen molar-refractivity contribution in [2.24, 2.45) is 0 Å². The van der Waals surface area contributed by atoms with E-state index in [0.717, 1.165) is 82.7 Å². The Balaban J connectivity index is 1.47. The summed E-state index contributed by atoms with van der Waals surface area (Å²) in [6.07, 6.45) is 27.2. The average Bonchev–Trinajstić information content (AvgIpc) is 3.58. The Morgan fingerprint density at radius 3 is 2.62 bits per heavy atom. The van der Waals surface area contributed by atoms with E-state index in [1.54, 1.807) is 0 Å². The lowest BCUT2D eigenvalue weighted by Gasteiger charge is -2.41. The number of fused-ring (bicyclic) bond motifs is 2. The number of nitrogens with zero attached hydrogens (tertiary/aromatic N) is 4. The fourth-order valence-corrected chi connectivity index (χ4v) is 8.40. The third kappa shape index (κ3) is 6.73. The zero-order chi connectivity index (χ0) is 37.1. The van der Waals surface area contributed by atoms with Crippen molar-refractivity contribution in [3.05, 3.63) is 151 Å². The van der Waals surface area contributed by atoms with Crippen molar-refractivity contribution in [2.75, 3.05) is 10.6 Å². The molecule has 7 rings (SSSR count). The summed E-state index contributed by atoms with van der Waals surface area (Å²) in [5.41, 5.74) is 16.9. The molecule has 3 aromatic carbocycles. The average molecular weight is 703 g/mol. The minimum Gasteiger partial charge on any atom is -0.397 e. The molecule has 1 saturated heterocycles. The molecular formula is C47H54N6. The molecule has 0 radical (unpaired) electrons. The Morgan fingerprint density at radius 1 is 1.04 bits per heavy atom. The van der Waals surface area contributed by atoms with Gasteiger partial charge in [-0.25, -0.2) is 4.98 Å². The van der Waals surface area contributed by atoms with Gasteiger partial charge < -0.3 is 15.5 Å². The van der Waals surface area contributed by atoms with Crippen molar-refractivity contribution in [3.63, 3.8) is 0 Å². The minimum atomic E-state index is -0.239. The SMILES string of the molecule is C=C(c1cc(-c2nc3ccccc3n2/C(=C/C)CC)cc(C2NC3C=CC=CC3(C)N2/C(C)=C/CCC)c1)N(c1ccccc1N)C1C=CC=CCC1. The predicted molar refractivity (Wildman–Crippen MR) is 226 cm³/mol. The van der Waals surface area contributed by atoms with E-state index >= 15 is 0 Å². The normalized spacial score (nSPS) is 22.7. The number of unbranched alkanes of at least 4 members (excludes halogenated alkanes) is 1. The second kappa shape index (κ2) is 15.3. The van der Waals surface area contributed by atoms with Gasteiger partial charge in [0.05, 0.1) is 40.0 Å². The Labute approximate surface area is 316 Å². The first-order chi connectivity index (χ1) is 25.8. The topological polar surface area (TPSA) is 62.4 Å². The molecule has 0 amide bonds. The summed E-state index contributed by atoms with van der Waals surface area (Å²) < 4.78 is 2.34. The van der Waals surface area contributed by atoms with Gasteiger partial charge in [0, 0.05) is 22.7 Å². The highest BCUT2D eigenvalue weighted by atomic mass is 15.4. The van der Waals surface area contributed by atoms with Gasteiger partial charge in [0.1, 0.15) is 12.0 Å². The zero-order valence-electron chi connectivity index (χ0n) is 32.0. The van der Waals surface area contributed by atoms with Gasteiger partial charge in [0.2, 0.25) is 0 Å². The number of para-hydroxylation sites is 4. The van der Waals surface area contributed by atoms with Gasteiger partial charge >= 0.3 is 0 Å². The summed E-state index contributed by atoms with van der Waals surface area (Å²) in [4.78, 5) is 10.3. The van der Waals surface area contributed by atoms with E-state index in [4.69, 9.17) is 17.3 Å². The van der Waals surface area contributed by atoms with Crippen molar-refractivity contribution >= 4 is 33.8 Å².